The highest BCUT2D eigenvalue weighted by atomic mass is 35.5. The summed E-state index contributed by atoms with van der Waals surface area (Å²) in [6.07, 6.45) is 0. The van der Waals surface area contributed by atoms with Crippen molar-refractivity contribution < 1.29 is 12.8 Å². The molecule has 2 aromatic carbocycles. The fourth-order valence-electron chi connectivity index (χ4n) is 1.60. The molecular formula is C13H12ClFN2O2S. The van der Waals surface area contributed by atoms with Crippen molar-refractivity contribution >= 4 is 33.0 Å². The molecule has 0 radical (unpaired) electrons. The van der Waals surface area contributed by atoms with Crippen molar-refractivity contribution in [3.8, 4) is 0 Å². The van der Waals surface area contributed by atoms with E-state index in [1.165, 1.54) is 6.07 Å². The first-order valence-corrected chi connectivity index (χ1v) is 7.54. The molecule has 0 heterocycles. The fraction of sp³-hybridized carbons (Fsp3) is 0.0769. The summed E-state index contributed by atoms with van der Waals surface area (Å²) < 4.78 is 39.8. The second kappa shape index (κ2) is 5.68. The molecule has 20 heavy (non-hydrogen) atoms. The number of anilines is 2. The zero-order valence-corrected chi connectivity index (χ0v) is 12.1. The summed E-state index contributed by atoms with van der Waals surface area (Å²) in [7, 11) is -2.17. The van der Waals surface area contributed by atoms with Gasteiger partial charge in [-0.3, -0.25) is 4.72 Å². The molecule has 2 N–H and O–H groups in total. The van der Waals surface area contributed by atoms with Gasteiger partial charge in [-0.15, -0.1) is 0 Å². The van der Waals surface area contributed by atoms with E-state index in [2.05, 4.69) is 10.0 Å². The normalized spacial score (nSPS) is 11.2. The lowest BCUT2D eigenvalue weighted by atomic mass is 10.3. The number of hydrogen-bond acceptors (Lipinski definition) is 3. The molecule has 0 bridgehead atoms. The number of rotatable bonds is 4. The Morgan fingerprint density at radius 1 is 1.05 bits per heavy atom. The minimum absolute atomic E-state index is 0.0363. The molecule has 0 atom stereocenters. The van der Waals surface area contributed by atoms with Gasteiger partial charge in [0.2, 0.25) is 0 Å². The maximum atomic E-state index is 13.2. The summed E-state index contributed by atoms with van der Waals surface area (Å²) in [4.78, 5) is -0.295. The van der Waals surface area contributed by atoms with Gasteiger partial charge >= 0.3 is 0 Å². The Kier molecular flexibility index (Phi) is 4.15. The summed E-state index contributed by atoms with van der Waals surface area (Å²) in [5.41, 5.74) is 1.21. The average molecular weight is 315 g/mol. The Morgan fingerprint density at radius 2 is 1.65 bits per heavy atom. The van der Waals surface area contributed by atoms with Gasteiger partial charge in [-0.2, -0.15) is 0 Å². The molecule has 2 rings (SSSR count). The van der Waals surface area contributed by atoms with E-state index in [0.717, 1.165) is 17.8 Å². The molecular weight excluding hydrogens is 303 g/mol. The standard InChI is InChI=1S/C13H12ClFN2O2S/c1-16-10-3-5-11(6-4-10)17-20(18,19)13-8-9(15)2-7-12(13)14/h2-8,16-17H,1H3. The lowest BCUT2D eigenvalue weighted by Gasteiger charge is -2.10. The van der Waals surface area contributed by atoms with Gasteiger partial charge in [-0.25, -0.2) is 12.8 Å². The third kappa shape index (κ3) is 3.20. The van der Waals surface area contributed by atoms with Crippen LogP contribution in [0.3, 0.4) is 0 Å². The second-order valence-corrected chi connectivity index (χ2v) is 6.07. The number of nitrogens with one attached hydrogen (secondary N) is 2. The number of hydrogen-bond donors (Lipinski definition) is 2. The van der Waals surface area contributed by atoms with Crippen LogP contribution in [0, 0.1) is 5.82 Å². The smallest absolute Gasteiger partial charge is 0.263 e. The van der Waals surface area contributed by atoms with E-state index in [-0.39, 0.29) is 9.92 Å². The summed E-state index contributed by atoms with van der Waals surface area (Å²) in [6.45, 7) is 0. The molecule has 0 aliphatic rings. The quantitative estimate of drug-likeness (QED) is 0.910. The van der Waals surface area contributed by atoms with Crippen LogP contribution in [0.4, 0.5) is 15.8 Å². The lowest BCUT2D eigenvalue weighted by Crippen LogP contribution is -2.13. The third-order valence-corrected chi connectivity index (χ3v) is 4.47. The predicted molar refractivity (Wildman–Crippen MR) is 78.2 cm³/mol. The average Bonchev–Trinajstić information content (AvgIpc) is 2.42. The van der Waals surface area contributed by atoms with Crippen molar-refractivity contribution in [1.29, 1.82) is 0 Å². The van der Waals surface area contributed by atoms with Crippen LogP contribution in [0.1, 0.15) is 0 Å². The molecule has 0 saturated carbocycles. The van der Waals surface area contributed by atoms with Crippen LogP contribution < -0.4 is 10.0 Å². The van der Waals surface area contributed by atoms with E-state index < -0.39 is 15.8 Å². The predicted octanol–water partition coefficient (Wildman–Crippen LogP) is 3.32. The molecule has 0 amide bonds. The molecule has 106 valence electrons. The zero-order valence-electron chi connectivity index (χ0n) is 10.5. The minimum atomic E-state index is -3.93. The van der Waals surface area contributed by atoms with Crippen LogP contribution in [0.5, 0.6) is 0 Å². The van der Waals surface area contributed by atoms with Crippen LogP contribution in [0.25, 0.3) is 0 Å². The SMILES string of the molecule is CNc1ccc(NS(=O)(=O)c2cc(F)ccc2Cl)cc1. The maximum Gasteiger partial charge on any atom is 0.263 e. The molecule has 0 aliphatic heterocycles. The van der Waals surface area contributed by atoms with E-state index >= 15 is 0 Å². The summed E-state index contributed by atoms with van der Waals surface area (Å²) in [6, 6.07) is 9.80. The minimum Gasteiger partial charge on any atom is -0.388 e. The van der Waals surface area contributed by atoms with Crippen LogP contribution >= 0.6 is 11.6 Å². The Bertz CT molecular complexity index is 718. The Morgan fingerprint density at radius 3 is 2.25 bits per heavy atom. The highest BCUT2D eigenvalue weighted by Gasteiger charge is 2.18. The van der Waals surface area contributed by atoms with Crippen LogP contribution in [0.15, 0.2) is 47.4 Å². The van der Waals surface area contributed by atoms with Gasteiger partial charge in [0.05, 0.1) is 5.02 Å². The van der Waals surface area contributed by atoms with Crippen LogP contribution in [0.2, 0.25) is 5.02 Å². The van der Waals surface area contributed by atoms with Gasteiger partial charge in [0.15, 0.2) is 0 Å². The maximum absolute atomic E-state index is 13.2. The van der Waals surface area contributed by atoms with Crippen molar-refractivity contribution in [1.82, 2.24) is 0 Å². The first-order chi connectivity index (χ1) is 9.42. The molecule has 0 fully saturated rings. The Balaban J connectivity index is 2.32. The fourth-order valence-corrected chi connectivity index (χ4v) is 3.17. The van der Waals surface area contributed by atoms with E-state index in [1.54, 1.807) is 31.3 Å². The van der Waals surface area contributed by atoms with Gasteiger partial charge in [0.25, 0.3) is 10.0 Å². The number of benzene rings is 2. The van der Waals surface area contributed by atoms with Gasteiger partial charge < -0.3 is 5.32 Å². The third-order valence-electron chi connectivity index (χ3n) is 2.61. The van der Waals surface area contributed by atoms with E-state index in [4.69, 9.17) is 11.6 Å². The van der Waals surface area contributed by atoms with Crippen molar-refractivity contribution in [2.75, 3.05) is 17.1 Å². The van der Waals surface area contributed by atoms with Gasteiger partial charge in [-0.05, 0) is 42.5 Å². The van der Waals surface area contributed by atoms with Gasteiger partial charge in [0.1, 0.15) is 10.7 Å². The van der Waals surface area contributed by atoms with Gasteiger partial charge in [0, 0.05) is 18.4 Å². The molecule has 4 nitrogen and oxygen atoms in total. The van der Waals surface area contributed by atoms with Gasteiger partial charge in [-0.1, -0.05) is 11.6 Å². The molecule has 2 aromatic rings. The number of sulfonamides is 1. The van der Waals surface area contributed by atoms with Crippen molar-refractivity contribution in [2.45, 2.75) is 4.90 Å². The highest BCUT2D eigenvalue weighted by Crippen LogP contribution is 2.25. The van der Waals surface area contributed by atoms with Crippen molar-refractivity contribution in [3.05, 3.63) is 53.3 Å². The van der Waals surface area contributed by atoms with E-state index in [1.807, 2.05) is 0 Å². The monoisotopic (exact) mass is 314 g/mol. The Hall–Kier alpha value is -1.79. The summed E-state index contributed by atoms with van der Waals surface area (Å²) in [5, 5.41) is 2.88. The molecule has 0 aliphatic carbocycles. The second-order valence-electron chi connectivity index (χ2n) is 4.01. The van der Waals surface area contributed by atoms with E-state index in [9.17, 15) is 12.8 Å². The molecule has 0 spiro atoms. The summed E-state index contributed by atoms with van der Waals surface area (Å²) in [5.74, 6) is -0.666. The first kappa shape index (κ1) is 14.6. The Labute approximate surface area is 121 Å². The van der Waals surface area contributed by atoms with Crippen molar-refractivity contribution in [2.24, 2.45) is 0 Å². The molecule has 7 heteroatoms. The largest absolute Gasteiger partial charge is 0.388 e. The highest BCUT2D eigenvalue weighted by molar-refractivity contribution is 7.92. The van der Waals surface area contributed by atoms with Crippen molar-refractivity contribution in [3.63, 3.8) is 0 Å². The number of halogens is 2. The molecule has 0 aromatic heterocycles. The first-order valence-electron chi connectivity index (χ1n) is 5.68. The topological polar surface area (TPSA) is 58.2 Å². The zero-order chi connectivity index (χ0) is 14.8. The molecule has 0 unspecified atom stereocenters. The van der Waals surface area contributed by atoms with Crippen LogP contribution in [-0.4, -0.2) is 15.5 Å². The molecule has 0 saturated heterocycles. The lowest BCUT2D eigenvalue weighted by molar-refractivity contribution is 0.595. The summed E-state index contributed by atoms with van der Waals surface area (Å²) >= 11 is 5.80. The van der Waals surface area contributed by atoms with Crippen LogP contribution in [-0.2, 0) is 10.0 Å². The van der Waals surface area contributed by atoms with E-state index in [0.29, 0.717) is 5.69 Å².